The highest BCUT2D eigenvalue weighted by Crippen LogP contribution is 2.25. The van der Waals surface area contributed by atoms with Crippen LogP contribution in [0.15, 0.2) is 28.7 Å². The summed E-state index contributed by atoms with van der Waals surface area (Å²) in [5.41, 5.74) is 1.22. The number of benzene rings is 1. The number of hydrogen-bond donors (Lipinski definition) is 1. The second-order valence-corrected chi connectivity index (χ2v) is 9.09. The third-order valence-corrected chi connectivity index (χ3v) is 6.28. The van der Waals surface area contributed by atoms with Gasteiger partial charge in [-0.1, -0.05) is 35.0 Å². The van der Waals surface area contributed by atoms with E-state index in [1.54, 1.807) is 0 Å². The molecule has 2 rings (SSSR count). The molecule has 1 fully saturated rings. The predicted octanol–water partition coefficient (Wildman–Crippen LogP) is 3.50. The van der Waals surface area contributed by atoms with Gasteiger partial charge in [0.2, 0.25) is 0 Å². The van der Waals surface area contributed by atoms with Crippen LogP contribution in [0.2, 0.25) is 0 Å². The lowest BCUT2D eigenvalue weighted by Gasteiger charge is -2.18. The van der Waals surface area contributed by atoms with E-state index >= 15 is 0 Å². The van der Waals surface area contributed by atoms with E-state index in [-0.39, 0.29) is 11.7 Å². The van der Waals surface area contributed by atoms with Crippen LogP contribution in [0.5, 0.6) is 0 Å². The van der Waals surface area contributed by atoms with Gasteiger partial charge < -0.3 is 5.32 Å². The van der Waals surface area contributed by atoms with E-state index in [9.17, 15) is 8.42 Å². The minimum absolute atomic E-state index is 0.269. The van der Waals surface area contributed by atoms with Crippen molar-refractivity contribution < 1.29 is 8.42 Å². The molecule has 0 amide bonds. The van der Waals surface area contributed by atoms with Gasteiger partial charge in [0.15, 0.2) is 0 Å². The second-order valence-electron chi connectivity index (χ2n) is 5.87. The third kappa shape index (κ3) is 6.09. The molecule has 0 spiro atoms. The molecule has 1 aliphatic carbocycles. The highest BCUT2D eigenvalue weighted by molar-refractivity contribution is 9.10. The number of halogens is 1. The van der Waals surface area contributed by atoms with Crippen molar-refractivity contribution in [2.24, 2.45) is 0 Å². The van der Waals surface area contributed by atoms with Gasteiger partial charge in [0, 0.05) is 22.8 Å². The Morgan fingerprint density at radius 1 is 1.24 bits per heavy atom. The van der Waals surface area contributed by atoms with Crippen molar-refractivity contribution in [1.29, 1.82) is 0 Å². The number of hydrogen-bond acceptors (Lipinski definition) is 3. The molecule has 1 N–H and O–H groups in total. The third-order valence-electron chi connectivity index (χ3n) is 3.86. The number of nitrogens with one attached hydrogen (secondary N) is 1. The fraction of sp³-hybridized carbons (Fsp3) is 0.625. The Balaban J connectivity index is 1.98. The summed E-state index contributed by atoms with van der Waals surface area (Å²) in [6, 6.07) is 8.89. The molecule has 0 heterocycles. The average molecular weight is 374 g/mol. The van der Waals surface area contributed by atoms with Crippen LogP contribution < -0.4 is 5.32 Å². The summed E-state index contributed by atoms with van der Waals surface area (Å²) < 4.78 is 24.9. The fourth-order valence-corrected chi connectivity index (χ4v) is 4.19. The zero-order chi connectivity index (χ0) is 15.3. The van der Waals surface area contributed by atoms with Crippen LogP contribution in [-0.2, 0) is 9.84 Å². The van der Waals surface area contributed by atoms with Gasteiger partial charge in [0.05, 0.1) is 5.75 Å². The summed E-state index contributed by atoms with van der Waals surface area (Å²) in [5, 5.41) is 3.53. The standard InChI is InChI=1S/C16H24BrNO2S/c1-2-10-21(19,20)11-9-14(12-18-16-7-8-16)13-3-5-15(17)6-4-13/h3-6,14,16,18H,2,7-12H2,1H3. The largest absolute Gasteiger partial charge is 0.313 e. The van der Waals surface area contributed by atoms with Gasteiger partial charge in [-0.15, -0.1) is 0 Å². The van der Waals surface area contributed by atoms with E-state index in [0.717, 1.165) is 11.0 Å². The van der Waals surface area contributed by atoms with Gasteiger partial charge in [-0.25, -0.2) is 8.42 Å². The Hall–Kier alpha value is -0.390. The predicted molar refractivity (Wildman–Crippen MR) is 91.5 cm³/mol. The van der Waals surface area contributed by atoms with E-state index in [1.807, 2.05) is 19.1 Å². The summed E-state index contributed by atoms with van der Waals surface area (Å²) in [5.74, 6) is 0.856. The molecule has 1 aromatic rings. The van der Waals surface area contributed by atoms with Crippen molar-refractivity contribution in [2.75, 3.05) is 18.1 Å². The Morgan fingerprint density at radius 2 is 1.90 bits per heavy atom. The summed E-state index contributed by atoms with van der Waals surface area (Å²) in [6.45, 7) is 2.78. The molecule has 1 aromatic carbocycles. The molecule has 1 atom stereocenters. The normalized spacial score (nSPS) is 16.9. The van der Waals surface area contributed by atoms with Crippen LogP contribution in [0.4, 0.5) is 0 Å². The molecule has 0 aromatic heterocycles. The monoisotopic (exact) mass is 373 g/mol. The second kappa shape index (κ2) is 7.75. The lowest BCUT2D eigenvalue weighted by Crippen LogP contribution is -2.25. The molecule has 0 radical (unpaired) electrons. The Morgan fingerprint density at radius 3 is 2.48 bits per heavy atom. The van der Waals surface area contributed by atoms with Crippen LogP contribution in [0, 0.1) is 0 Å². The van der Waals surface area contributed by atoms with Gasteiger partial charge in [0.25, 0.3) is 0 Å². The first kappa shape index (κ1) is 17.0. The molecule has 0 bridgehead atoms. The average Bonchev–Trinajstić information content (AvgIpc) is 3.24. The smallest absolute Gasteiger partial charge is 0.150 e. The highest BCUT2D eigenvalue weighted by Gasteiger charge is 2.23. The van der Waals surface area contributed by atoms with E-state index < -0.39 is 9.84 Å². The molecule has 1 saturated carbocycles. The van der Waals surface area contributed by atoms with E-state index in [2.05, 4.69) is 33.4 Å². The Kier molecular flexibility index (Phi) is 6.26. The SMILES string of the molecule is CCCS(=O)(=O)CCC(CNC1CC1)c1ccc(Br)cc1. The maximum atomic E-state index is 11.9. The minimum atomic E-state index is -2.90. The number of sulfone groups is 1. The van der Waals surface area contributed by atoms with Crippen LogP contribution in [0.3, 0.4) is 0 Å². The van der Waals surface area contributed by atoms with Gasteiger partial charge in [-0.2, -0.15) is 0 Å². The first-order valence-electron chi connectivity index (χ1n) is 7.69. The zero-order valence-corrected chi connectivity index (χ0v) is 14.9. The molecular weight excluding hydrogens is 350 g/mol. The van der Waals surface area contributed by atoms with Gasteiger partial charge >= 0.3 is 0 Å². The molecule has 1 aliphatic rings. The summed E-state index contributed by atoms with van der Waals surface area (Å²) in [6.07, 6.45) is 3.90. The first-order chi connectivity index (χ1) is 10.00. The van der Waals surface area contributed by atoms with Crippen molar-refractivity contribution in [2.45, 2.75) is 44.6 Å². The Bertz CT molecular complexity index is 538. The summed E-state index contributed by atoms with van der Waals surface area (Å²) in [4.78, 5) is 0. The van der Waals surface area contributed by atoms with Gasteiger partial charge in [-0.05, 0) is 49.3 Å². The maximum absolute atomic E-state index is 11.9. The summed E-state index contributed by atoms with van der Waals surface area (Å²) in [7, 11) is -2.90. The highest BCUT2D eigenvalue weighted by atomic mass is 79.9. The lowest BCUT2D eigenvalue weighted by atomic mass is 9.96. The maximum Gasteiger partial charge on any atom is 0.150 e. The number of rotatable bonds is 9. The van der Waals surface area contributed by atoms with Crippen LogP contribution >= 0.6 is 15.9 Å². The molecule has 0 saturated heterocycles. The topological polar surface area (TPSA) is 46.2 Å². The van der Waals surface area contributed by atoms with Crippen molar-refractivity contribution in [1.82, 2.24) is 5.32 Å². The van der Waals surface area contributed by atoms with Crippen LogP contribution in [0.1, 0.15) is 44.1 Å². The van der Waals surface area contributed by atoms with Crippen molar-refractivity contribution >= 4 is 25.8 Å². The van der Waals surface area contributed by atoms with Gasteiger partial charge in [0.1, 0.15) is 9.84 Å². The van der Waals surface area contributed by atoms with E-state index in [4.69, 9.17) is 0 Å². The molecule has 5 heteroatoms. The zero-order valence-electron chi connectivity index (χ0n) is 12.5. The van der Waals surface area contributed by atoms with Crippen molar-refractivity contribution in [3.05, 3.63) is 34.3 Å². The molecule has 21 heavy (non-hydrogen) atoms. The molecular formula is C16H24BrNO2S. The quantitative estimate of drug-likeness (QED) is 0.720. The summed E-state index contributed by atoms with van der Waals surface area (Å²) >= 11 is 3.45. The van der Waals surface area contributed by atoms with Crippen molar-refractivity contribution in [3.63, 3.8) is 0 Å². The van der Waals surface area contributed by atoms with Gasteiger partial charge in [-0.3, -0.25) is 0 Å². The first-order valence-corrected chi connectivity index (χ1v) is 10.3. The van der Waals surface area contributed by atoms with E-state index in [0.29, 0.717) is 24.6 Å². The molecule has 1 unspecified atom stereocenters. The Labute approximate surface area is 136 Å². The van der Waals surface area contributed by atoms with E-state index in [1.165, 1.54) is 18.4 Å². The molecule has 0 aliphatic heterocycles. The van der Waals surface area contributed by atoms with Crippen LogP contribution in [-0.4, -0.2) is 32.5 Å². The van der Waals surface area contributed by atoms with Crippen molar-refractivity contribution in [3.8, 4) is 0 Å². The minimum Gasteiger partial charge on any atom is -0.313 e. The lowest BCUT2D eigenvalue weighted by molar-refractivity contribution is 0.553. The molecule has 3 nitrogen and oxygen atoms in total. The van der Waals surface area contributed by atoms with Crippen LogP contribution in [0.25, 0.3) is 0 Å². The fourth-order valence-electron chi connectivity index (χ4n) is 2.45. The molecule has 118 valence electrons.